The van der Waals surface area contributed by atoms with Gasteiger partial charge in [0.1, 0.15) is 24.0 Å². The van der Waals surface area contributed by atoms with Crippen molar-refractivity contribution in [3.05, 3.63) is 80.0 Å². The molecule has 0 bridgehead atoms. The summed E-state index contributed by atoms with van der Waals surface area (Å²) in [5, 5.41) is 4.35. The minimum absolute atomic E-state index is 0.0245. The topological polar surface area (TPSA) is 51.9 Å². The van der Waals surface area contributed by atoms with Crippen molar-refractivity contribution in [1.29, 1.82) is 0 Å². The van der Waals surface area contributed by atoms with Gasteiger partial charge in [-0.3, -0.25) is 0 Å². The SMILES string of the molecule is COc1cc(/C=C2\CCCN3C2=NOC[C@@H]3c2cc(F)c(C)c(F)c2)c(I)cc1-n1cnc(C)c1. The van der Waals surface area contributed by atoms with Crippen LogP contribution in [-0.2, 0) is 4.84 Å². The van der Waals surface area contributed by atoms with Crippen LogP contribution >= 0.6 is 22.6 Å². The molecule has 2 aliphatic heterocycles. The highest BCUT2D eigenvalue weighted by molar-refractivity contribution is 14.1. The number of aromatic nitrogens is 2. The second-order valence-corrected chi connectivity index (χ2v) is 9.93. The van der Waals surface area contributed by atoms with Crippen molar-refractivity contribution in [3.63, 3.8) is 0 Å². The third kappa shape index (κ3) is 4.53. The monoisotopic (exact) mass is 590 g/mol. The first-order valence-corrected chi connectivity index (χ1v) is 12.4. The number of halogens is 3. The lowest BCUT2D eigenvalue weighted by Gasteiger charge is -2.40. The van der Waals surface area contributed by atoms with Crippen molar-refractivity contribution in [1.82, 2.24) is 14.5 Å². The van der Waals surface area contributed by atoms with Gasteiger partial charge in [-0.25, -0.2) is 13.8 Å². The Kier molecular flexibility index (Phi) is 6.52. The fraction of sp³-hybridized carbons (Fsp3) is 0.308. The molecule has 2 aromatic carbocycles. The van der Waals surface area contributed by atoms with Gasteiger partial charge in [0.25, 0.3) is 0 Å². The summed E-state index contributed by atoms with van der Waals surface area (Å²) in [5.74, 6) is 0.337. The predicted octanol–water partition coefficient (Wildman–Crippen LogP) is 5.94. The lowest BCUT2D eigenvalue weighted by molar-refractivity contribution is 0.0572. The Morgan fingerprint density at radius 1 is 1.17 bits per heavy atom. The number of fused-ring (bicyclic) bond motifs is 1. The second-order valence-electron chi connectivity index (χ2n) is 8.77. The number of oxime groups is 1. The van der Waals surface area contributed by atoms with Gasteiger partial charge < -0.3 is 19.0 Å². The number of piperidine rings is 1. The Balaban J connectivity index is 1.50. The van der Waals surface area contributed by atoms with Crippen molar-refractivity contribution < 1.29 is 18.4 Å². The van der Waals surface area contributed by atoms with Crippen LogP contribution in [0.2, 0.25) is 0 Å². The molecule has 9 heteroatoms. The molecule has 0 N–H and O–H groups in total. The molecule has 1 fully saturated rings. The van der Waals surface area contributed by atoms with Gasteiger partial charge in [-0.2, -0.15) is 0 Å². The standard InChI is InChI=1S/C26H25F2IN4O2/c1-15-12-32(14-30-15)23-11-22(29)18(10-25(23)34-3)7-17-5-4-6-33-24(13-35-31-26(17)33)19-8-20(27)16(2)21(28)9-19/h7-12,14,24H,4-6,13H2,1-3H3/b17-7+/t24-/m1/s1. The van der Waals surface area contributed by atoms with Crippen LogP contribution in [0.1, 0.15) is 41.3 Å². The van der Waals surface area contributed by atoms with Crippen LogP contribution in [0.4, 0.5) is 8.78 Å². The van der Waals surface area contributed by atoms with Gasteiger partial charge in [0.15, 0.2) is 5.84 Å². The van der Waals surface area contributed by atoms with Crippen LogP contribution in [0, 0.1) is 29.1 Å². The van der Waals surface area contributed by atoms with E-state index in [9.17, 15) is 8.78 Å². The van der Waals surface area contributed by atoms with E-state index >= 15 is 0 Å². The molecule has 6 nitrogen and oxygen atoms in total. The van der Waals surface area contributed by atoms with E-state index in [0.29, 0.717) is 11.4 Å². The molecule has 0 unspecified atom stereocenters. The first-order chi connectivity index (χ1) is 16.9. The van der Waals surface area contributed by atoms with Crippen molar-refractivity contribution >= 4 is 34.5 Å². The number of rotatable bonds is 4. The van der Waals surface area contributed by atoms with Gasteiger partial charge in [-0.15, -0.1) is 0 Å². The normalized spacial score (nSPS) is 18.8. The molecular formula is C26H25F2IN4O2. The van der Waals surface area contributed by atoms with Gasteiger partial charge in [-0.05, 0) is 96.3 Å². The largest absolute Gasteiger partial charge is 0.495 e. The molecule has 2 aliphatic rings. The maximum atomic E-state index is 14.3. The zero-order valence-electron chi connectivity index (χ0n) is 19.7. The number of methoxy groups -OCH3 is 1. The van der Waals surface area contributed by atoms with Crippen molar-refractivity contribution in [3.8, 4) is 11.4 Å². The first-order valence-electron chi connectivity index (χ1n) is 11.4. The van der Waals surface area contributed by atoms with Gasteiger partial charge in [-0.1, -0.05) is 5.16 Å². The van der Waals surface area contributed by atoms with E-state index in [2.05, 4.69) is 49.8 Å². The third-order valence-corrected chi connectivity index (χ3v) is 7.40. The van der Waals surface area contributed by atoms with E-state index in [0.717, 1.165) is 51.2 Å². The van der Waals surface area contributed by atoms with E-state index in [4.69, 9.17) is 9.57 Å². The Morgan fingerprint density at radius 3 is 2.63 bits per heavy atom. The molecule has 0 aliphatic carbocycles. The van der Waals surface area contributed by atoms with E-state index in [1.807, 2.05) is 23.8 Å². The lowest BCUT2D eigenvalue weighted by atomic mass is 9.95. The summed E-state index contributed by atoms with van der Waals surface area (Å²) in [6, 6.07) is 6.56. The fourth-order valence-electron chi connectivity index (χ4n) is 4.56. The Hall–Kier alpha value is -2.95. The Morgan fingerprint density at radius 2 is 1.94 bits per heavy atom. The number of benzene rings is 2. The summed E-state index contributed by atoms with van der Waals surface area (Å²) >= 11 is 2.32. The Bertz CT molecular complexity index is 1330. The summed E-state index contributed by atoms with van der Waals surface area (Å²) in [4.78, 5) is 12.0. The molecule has 0 amide bonds. The van der Waals surface area contributed by atoms with Crippen LogP contribution < -0.4 is 4.74 Å². The Labute approximate surface area is 216 Å². The molecule has 1 aromatic heterocycles. The molecule has 0 saturated carbocycles. The maximum Gasteiger partial charge on any atom is 0.172 e. The maximum absolute atomic E-state index is 14.3. The average molecular weight is 590 g/mol. The highest BCUT2D eigenvalue weighted by atomic mass is 127. The van der Waals surface area contributed by atoms with E-state index in [-0.39, 0.29) is 18.2 Å². The molecule has 1 atom stereocenters. The van der Waals surface area contributed by atoms with E-state index in [1.165, 1.54) is 19.1 Å². The zero-order valence-corrected chi connectivity index (χ0v) is 21.8. The molecule has 0 spiro atoms. The minimum atomic E-state index is -0.549. The van der Waals surface area contributed by atoms with Crippen LogP contribution in [0.3, 0.4) is 0 Å². The van der Waals surface area contributed by atoms with Crippen LogP contribution in [0.15, 0.2) is 47.5 Å². The summed E-state index contributed by atoms with van der Waals surface area (Å²) < 4.78 is 37.3. The van der Waals surface area contributed by atoms with E-state index in [1.54, 1.807) is 13.4 Å². The molecule has 182 valence electrons. The molecular weight excluding hydrogens is 565 g/mol. The molecule has 3 aromatic rings. The number of hydrogen-bond donors (Lipinski definition) is 0. The van der Waals surface area contributed by atoms with Crippen LogP contribution in [-0.4, -0.2) is 40.5 Å². The molecule has 5 rings (SSSR count). The highest BCUT2D eigenvalue weighted by Crippen LogP contribution is 2.35. The van der Waals surface area contributed by atoms with Crippen LogP contribution in [0.5, 0.6) is 5.75 Å². The average Bonchev–Trinajstić information content (AvgIpc) is 3.29. The lowest BCUT2D eigenvalue weighted by Crippen LogP contribution is -2.44. The van der Waals surface area contributed by atoms with Crippen molar-refractivity contribution in [2.24, 2.45) is 5.16 Å². The zero-order chi connectivity index (χ0) is 24.7. The van der Waals surface area contributed by atoms with Gasteiger partial charge in [0, 0.05) is 21.9 Å². The number of nitrogens with zero attached hydrogens (tertiary/aromatic N) is 4. The highest BCUT2D eigenvalue weighted by Gasteiger charge is 2.34. The quantitative estimate of drug-likeness (QED) is 0.353. The fourth-order valence-corrected chi connectivity index (χ4v) is 5.17. The van der Waals surface area contributed by atoms with Crippen LogP contribution in [0.25, 0.3) is 11.8 Å². The molecule has 35 heavy (non-hydrogen) atoms. The van der Waals surface area contributed by atoms with Gasteiger partial charge >= 0.3 is 0 Å². The van der Waals surface area contributed by atoms with Gasteiger partial charge in [0.2, 0.25) is 0 Å². The smallest absolute Gasteiger partial charge is 0.172 e. The third-order valence-electron chi connectivity index (χ3n) is 6.47. The number of imidazole rings is 1. The van der Waals surface area contributed by atoms with Crippen molar-refractivity contribution in [2.45, 2.75) is 32.7 Å². The summed E-state index contributed by atoms with van der Waals surface area (Å²) in [7, 11) is 1.65. The van der Waals surface area contributed by atoms with Gasteiger partial charge in [0.05, 0.1) is 30.9 Å². The summed E-state index contributed by atoms with van der Waals surface area (Å²) in [6.45, 7) is 4.36. The molecule has 3 heterocycles. The van der Waals surface area contributed by atoms with Crippen molar-refractivity contribution in [2.75, 3.05) is 20.3 Å². The van der Waals surface area contributed by atoms with E-state index < -0.39 is 11.6 Å². The minimum Gasteiger partial charge on any atom is -0.495 e. The number of aryl methyl sites for hydroxylation is 1. The summed E-state index contributed by atoms with van der Waals surface area (Å²) in [5.41, 5.74) is 4.42. The molecule has 1 saturated heterocycles. The molecule has 0 radical (unpaired) electrons. The first kappa shape index (κ1) is 23.8. The second kappa shape index (κ2) is 9.60. The number of amidine groups is 1. The number of hydrogen-bond acceptors (Lipinski definition) is 5. The summed E-state index contributed by atoms with van der Waals surface area (Å²) in [6.07, 6.45) is 7.54. The number of ether oxygens (including phenoxy) is 1. The predicted molar refractivity (Wildman–Crippen MR) is 139 cm³/mol.